The van der Waals surface area contributed by atoms with Gasteiger partial charge in [0.1, 0.15) is 7.60 Å². The number of hydrogen-bond acceptors (Lipinski definition) is 16. The van der Waals surface area contributed by atoms with E-state index in [9.17, 15) is 28.4 Å². The van der Waals surface area contributed by atoms with Crippen LogP contribution in [0.1, 0.15) is 131 Å². The monoisotopic (exact) mass is 901 g/mol. The van der Waals surface area contributed by atoms with E-state index >= 15 is 0 Å². The van der Waals surface area contributed by atoms with E-state index in [1.54, 1.807) is 62.3 Å². The normalized spacial score (nSPS) is 14.2. The number of phosphoric acid groups is 2. The zero-order valence-corrected chi connectivity index (χ0v) is 42.2. The molecule has 0 rings (SSSR count). The van der Waals surface area contributed by atoms with E-state index in [2.05, 4.69) is 113 Å². The molecule has 0 radical (unpaired) electrons. The second kappa shape index (κ2) is 38.5. The van der Waals surface area contributed by atoms with Gasteiger partial charge in [-0.2, -0.15) is 4.89 Å². The minimum atomic E-state index is -4.67. The first-order chi connectivity index (χ1) is 25.7. The molecule has 3 unspecified atom stereocenters. The van der Waals surface area contributed by atoms with E-state index in [0.29, 0.717) is 6.42 Å². The van der Waals surface area contributed by atoms with E-state index in [0.717, 1.165) is 0 Å². The molecule has 3 atom stereocenters. The molecule has 354 valence electrons. The fraction of sp³-hybridized carbons (Fsp3) is 0.692. The topological polar surface area (TPSA) is 213 Å². The summed E-state index contributed by atoms with van der Waals surface area (Å²) in [5.74, 6) is 0. The van der Waals surface area contributed by atoms with E-state index in [1.807, 2.05) is 41.5 Å². The van der Waals surface area contributed by atoms with Crippen LogP contribution >= 0.6 is 23.2 Å². The van der Waals surface area contributed by atoms with Crippen molar-refractivity contribution in [2.45, 2.75) is 153 Å². The van der Waals surface area contributed by atoms with Gasteiger partial charge in [0, 0.05) is 6.16 Å². The summed E-state index contributed by atoms with van der Waals surface area (Å²) >= 11 is 0. The van der Waals surface area contributed by atoms with Gasteiger partial charge in [0.25, 0.3) is 7.82 Å². The van der Waals surface area contributed by atoms with Crippen LogP contribution in [0.3, 0.4) is 0 Å². The number of phosphoric ester groups is 2. The summed E-state index contributed by atoms with van der Waals surface area (Å²) in [7, 11) is -12.5. The molecule has 0 aliphatic heterocycles. The third kappa shape index (κ3) is 90.7. The lowest BCUT2D eigenvalue weighted by atomic mass is 9.93. The Morgan fingerprint density at radius 2 is 0.724 bits per heavy atom. The van der Waals surface area contributed by atoms with Crippen LogP contribution in [-0.2, 0) is 61.5 Å². The average Bonchev–Trinajstić information content (AvgIpc) is 2.99. The molecular weight excluding hydrogens is 817 g/mol. The first kappa shape index (κ1) is 77.2. The Morgan fingerprint density at radius 3 is 1.00 bits per heavy atom. The van der Waals surface area contributed by atoms with Crippen molar-refractivity contribution in [3.05, 3.63) is 78.9 Å². The highest BCUT2D eigenvalue weighted by Crippen LogP contribution is 2.46. The molecular formula is C39H84O16P3-3. The summed E-state index contributed by atoms with van der Waals surface area (Å²) in [6, 6.07) is 0. The van der Waals surface area contributed by atoms with Crippen LogP contribution in [0.5, 0.6) is 0 Å². The minimum Gasteiger partial charge on any atom is -0.778 e. The Hall–Kier alpha value is -1.39. The van der Waals surface area contributed by atoms with Gasteiger partial charge in [0.05, 0.1) is 29.0 Å². The molecule has 0 aliphatic carbocycles. The first-order valence-corrected chi connectivity index (χ1v) is 22.1. The predicted molar refractivity (Wildman–Crippen MR) is 233 cm³/mol. The molecule has 0 bridgehead atoms. The van der Waals surface area contributed by atoms with E-state index in [4.69, 9.17) is 13.6 Å². The second-order valence-corrected chi connectivity index (χ2v) is 20.8. The highest BCUT2D eigenvalue weighted by atomic mass is 31.2. The van der Waals surface area contributed by atoms with E-state index < -0.39 is 45.6 Å². The molecule has 0 aromatic heterocycles. The Balaban J connectivity index is -0.0000000787. The van der Waals surface area contributed by atoms with Crippen molar-refractivity contribution >= 4 is 23.2 Å². The van der Waals surface area contributed by atoms with Crippen LogP contribution in [0, 0.1) is 10.8 Å². The molecule has 0 aromatic rings. The van der Waals surface area contributed by atoms with Crippen molar-refractivity contribution in [3.8, 4) is 0 Å². The Morgan fingerprint density at radius 1 is 0.414 bits per heavy atom. The van der Waals surface area contributed by atoms with Crippen LogP contribution in [0.25, 0.3) is 0 Å². The summed E-state index contributed by atoms with van der Waals surface area (Å²) in [5, 5.41) is 15.4. The van der Waals surface area contributed by atoms with Gasteiger partial charge in [0.15, 0.2) is 0 Å². The molecule has 0 N–H and O–H groups in total. The molecule has 0 heterocycles. The van der Waals surface area contributed by atoms with Crippen molar-refractivity contribution in [1.82, 2.24) is 0 Å². The molecule has 0 spiro atoms. The van der Waals surface area contributed by atoms with Gasteiger partial charge >= 0.3 is 7.82 Å². The van der Waals surface area contributed by atoms with Crippen molar-refractivity contribution in [2.75, 3.05) is 12.8 Å². The quantitative estimate of drug-likeness (QED) is 0.0552. The third-order valence-electron chi connectivity index (χ3n) is 3.44. The van der Waals surface area contributed by atoms with Gasteiger partial charge in [-0.25, -0.2) is 0 Å². The first-order valence-electron chi connectivity index (χ1n) is 17.5. The van der Waals surface area contributed by atoms with E-state index in [1.165, 1.54) is 20.8 Å². The SMILES string of the molecule is C=C.C=C.C=C.C=C.C=C.C=C.CC(C)(C)CCOP(=O)([O-])OC(C)(C)C.CC(C)(C)CP(=O)([O-])OC(C)(C)C.CC(C)(C)OOOOOOP(=O)([O-])OC(C)(C)C. The largest absolute Gasteiger partial charge is 0.778 e. The summed E-state index contributed by atoms with van der Waals surface area (Å²) in [6.45, 7) is 67.7. The smallest absolute Gasteiger partial charge is 0.302 e. The van der Waals surface area contributed by atoms with Gasteiger partial charge in [-0.05, 0) is 120 Å². The van der Waals surface area contributed by atoms with Crippen molar-refractivity contribution in [1.29, 1.82) is 0 Å². The molecule has 0 saturated heterocycles. The fourth-order valence-corrected chi connectivity index (χ4v) is 6.29. The summed E-state index contributed by atoms with van der Waals surface area (Å²) < 4.78 is 56.8. The summed E-state index contributed by atoms with van der Waals surface area (Å²) in [6.07, 6.45) is 0.754. The van der Waals surface area contributed by atoms with Crippen LogP contribution in [0.2, 0.25) is 0 Å². The molecule has 58 heavy (non-hydrogen) atoms. The fourth-order valence-electron chi connectivity index (χ4n) is 2.39. The minimum absolute atomic E-state index is 0.0573. The standard InChI is InChI=1S/C10H23O4P.C9H21O3P.C8H19O9P.6C2H4/c1-9(2,3)7-8-13-15(11,12)14-10(4,5)6;1-8(2,3)7-13(10,11)12-9(4,5)6;1-7(2,3)11-13-14-15-16-17-18(9,10)12-8(4,5)6;6*1-2/h7-8H2,1-6H3,(H,11,12);7H2,1-6H3,(H,10,11);1-6H3,(H,9,10);6*1-2H2/p-3. The van der Waals surface area contributed by atoms with Gasteiger partial charge in [-0.3, -0.25) is 9.13 Å². The van der Waals surface area contributed by atoms with Crippen molar-refractivity contribution in [2.24, 2.45) is 10.8 Å². The third-order valence-corrected chi connectivity index (χ3v) is 7.89. The van der Waals surface area contributed by atoms with Crippen LogP contribution < -0.4 is 14.7 Å². The molecule has 19 heteroatoms. The zero-order valence-electron chi connectivity index (χ0n) is 39.5. The van der Waals surface area contributed by atoms with Crippen LogP contribution in [0.15, 0.2) is 78.9 Å². The predicted octanol–water partition coefficient (Wildman–Crippen LogP) is 11.7. The summed E-state index contributed by atoms with van der Waals surface area (Å²) in [4.78, 5) is 38.5. The van der Waals surface area contributed by atoms with Gasteiger partial charge in [-0.15, -0.1) is 83.6 Å². The van der Waals surface area contributed by atoms with Gasteiger partial charge in [-0.1, -0.05) is 41.5 Å². The second-order valence-electron chi connectivity index (χ2n) is 16.5. The van der Waals surface area contributed by atoms with Crippen molar-refractivity contribution < 1.29 is 76.2 Å². The highest BCUT2D eigenvalue weighted by molar-refractivity contribution is 7.51. The van der Waals surface area contributed by atoms with Gasteiger partial charge < -0.3 is 37.3 Å². The maximum atomic E-state index is 11.5. The van der Waals surface area contributed by atoms with Crippen LogP contribution in [0.4, 0.5) is 0 Å². The lowest BCUT2D eigenvalue weighted by Crippen LogP contribution is -2.26. The molecule has 0 aliphatic rings. The zero-order chi connectivity index (χ0) is 49.7. The maximum Gasteiger partial charge on any atom is 0.302 e. The average molecular weight is 902 g/mol. The van der Waals surface area contributed by atoms with Crippen molar-refractivity contribution in [3.63, 3.8) is 0 Å². The summed E-state index contributed by atoms with van der Waals surface area (Å²) in [5.41, 5.74) is -3.16. The lowest BCUT2D eigenvalue weighted by Gasteiger charge is -2.35. The Kier molecular flexibility index (Phi) is 51.3. The Bertz CT molecular complexity index is 1040. The van der Waals surface area contributed by atoms with Gasteiger partial charge in [0.2, 0.25) is 0 Å². The highest BCUT2D eigenvalue weighted by Gasteiger charge is 2.25. The van der Waals surface area contributed by atoms with Crippen LogP contribution in [-0.4, -0.2) is 35.2 Å². The molecule has 0 aromatic carbocycles. The number of hydrogen-bond donors (Lipinski definition) is 0. The molecule has 16 nitrogen and oxygen atoms in total. The number of rotatable bonds is 13. The molecule has 0 saturated carbocycles. The molecule has 0 amide bonds. The molecule has 0 fully saturated rings. The maximum absolute atomic E-state index is 11.5. The Labute approximate surface area is 354 Å². The lowest BCUT2D eigenvalue weighted by molar-refractivity contribution is -0.754. The van der Waals surface area contributed by atoms with E-state index in [-0.39, 0.29) is 23.6 Å².